The lowest BCUT2D eigenvalue weighted by atomic mass is 10.1. The third-order valence-electron chi connectivity index (χ3n) is 2.24. The Hall–Kier alpha value is -0.920. The normalized spacial score (nSPS) is 10.7. The van der Waals surface area contributed by atoms with E-state index >= 15 is 0 Å². The molecule has 0 N–H and O–H groups in total. The van der Waals surface area contributed by atoms with Crippen LogP contribution in [0.4, 0.5) is 0 Å². The van der Waals surface area contributed by atoms with E-state index in [2.05, 4.69) is 19.1 Å². The lowest BCUT2D eigenvalue weighted by Crippen LogP contribution is -1.97. The van der Waals surface area contributed by atoms with Crippen LogP contribution in [-0.2, 0) is 9.59 Å². The van der Waals surface area contributed by atoms with Gasteiger partial charge in [0.1, 0.15) is 5.78 Å². The molecule has 0 atom stereocenters. The van der Waals surface area contributed by atoms with E-state index in [-0.39, 0.29) is 12.2 Å². The summed E-state index contributed by atoms with van der Waals surface area (Å²) in [6.45, 7) is 2.19. The van der Waals surface area contributed by atoms with Gasteiger partial charge < -0.3 is 0 Å². The van der Waals surface area contributed by atoms with Crippen LogP contribution in [0.25, 0.3) is 0 Å². The summed E-state index contributed by atoms with van der Waals surface area (Å²) < 4.78 is 0. The number of Topliss-reactive ketones (excluding diaryl/α,β-unsaturated/α-hetero) is 1. The van der Waals surface area contributed by atoms with Crippen LogP contribution in [0.3, 0.4) is 0 Å². The maximum absolute atomic E-state index is 10.9. The average molecular weight is 209 g/mol. The molecule has 0 aromatic rings. The molecule has 0 aromatic carbocycles. The Morgan fingerprint density at radius 1 is 1.13 bits per heavy atom. The Morgan fingerprint density at radius 3 is 2.40 bits per heavy atom. The molecule has 0 aliphatic heterocycles. The fourth-order valence-electron chi connectivity index (χ4n) is 1.33. The highest BCUT2D eigenvalue weighted by atomic mass is 16.1. The van der Waals surface area contributed by atoms with Crippen LogP contribution in [0.1, 0.15) is 58.3 Å². The van der Waals surface area contributed by atoms with Crippen molar-refractivity contribution in [2.75, 3.05) is 0 Å². The second kappa shape index (κ2) is 11.2. The molecule has 0 aliphatic rings. The molecule has 15 heavy (non-hydrogen) atoms. The van der Waals surface area contributed by atoms with Gasteiger partial charge >= 0.3 is 0 Å². The van der Waals surface area contributed by atoms with Gasteiger partial charge in [-0.2, -0.15) is 0 Å². The molecular weight excluding hydrogens is 188 g/mol. The summed E-state index contributed by atoms with van der Waals surface area (Å²) in [5.74, 6) is 0.00406. The van der Waals surface area contributed by atoms with Gasteiger partial charge in [0, 0.05) is 6.42 Å². The van der Waals surface area contributed by atoms with Crippen LogP contribution in [0.2, 0.25) is 0 Å². The van der Waals surface area contributed by atoms with Gasteiger partial charge in [-0.1, -0.05) is 31.9 Å². The van der Waals surface area contributed by atoms with Crippen molar-refractivity contribution in [1.29, 1.82) is 0 Å². The quantitative estimate of drug-likeness (QED) is 0.314. The van der Waals surface area contributed by atoms with Crippen molar-refractivity contribution in [2.45, 2.75) is 58.3 Å². The minimum Gasteiger partial charge on any atom is -0.299 e. The minimum absolute atomic E-state index is 0.00406. The molecule has 0 aliphatic carbocycles. The van der Waals surface area contributed by atoms with Gasteiger partial charge in [-0.05, 0) is 25.7 Å². The first kappa shape index (κ1) is 14.1. The summed E-state index contributed by atoms with van der Waals surface area (Å²) in [5, 5.41) is 0. The molecule has 0 saturated heterocycles. The first-order chi connectivity index (χ1) is 7.31. The summed E-state index contributed by atoms with van der Waals surface area (Å²) in [4.78, 5) is 20.8. The Labute approximate surface area is 92.8 Å². The molecule has 0 fully saturated rings. The Balaban J connectivity index is 3.22. The standard InChI is InChI=1S/C13H21O2/c1-2-3-4-5-6-7-8-9-10-13(15)11-12-14/h6-7H,2-5,8-11H2,1H3/b7-6+. The van der Waals surface area contributed by atoms with Crippen molar-refractivity contribution in [3.05, 3.63) is 12.2 Å². The monoisotopic (exact) mass is 209 g/mol. The first-order valence-corrected chi connectivity index (χ1v) is 5.83. The van der Waals surface area contributed by atoms with Gasteiger partial charge in [0.2, 0.25) is 6.29 Å². The van der Waals surface area contributed by atoms with E-state index in [9.17, 15) is 9.59 Å². The zero-order chi connectivity index (χ0) is 11.4. The molecule has 85 valence electrons. The molecule has 0 heterocycles. The van der Waals surface area contributed by atoms with Gasteiger partial charge in [-0.3, -0.25) is 9.59 Å². The molecule has 0 rings (SSSR count). The number of allylic oxidation sites excluding steroid dienone is 2. The topological polar surface area (TPSA) is 34.1 Å². The average Bonchev–Trinajstić information content (AvgIpc) is 2.22. The lowest BCUT2D eigenvalue weighted by molar-refractivity contribution is -0.118. The molecule has 0 unspecified atom stereocenters. The van der Waals surface area contributed by atoms with Crippen LogP contribution >= 0.6 is 0 Å². The molecule has 1 radical (unpaired) electrons. The predicted molar refractivity (Wildman–Crippen MR) is 62.5 cm³/mol. The molecule has 0 bridgehead atoms. The van der Waals surface area contributed by atoms with Gasteiger partial charge in [0.15, 0.2) is 0 Å². The van der Waals surface area contributed by atoms with Gasteiger partial charge in [0.25, 0.3) is 0 Å². The Morgan fingerprint density at radius 2 is 1.80 bits per heavy atom. The fourth-order valence-corrected chi connectivity index (χ4v) is 1.33. The second-order valence-electron chi connectivity index (χ2n) is 3.72. The number of carbonyl (C=O) groups excluding carboxylic acids is 2. The largest absolute Gasteiger partial charge is 0.299 e. The summed E-state index contributed by atoms with van der Waals surface area (Å²) in [6.07, 6.45) is 13.1. The molecule has 0 amide bonds. The van der Waals surface area contributed by atoms with E-state index in [1.807, 2.05) is 0 Å². The van der Waals surface area contributed by atoms with Crippen molar-refractivity contribution in [3.63, 3.8) is 0 Å². The zero-order valence-electron chi connectivity index (χ0n) is 9.63. The Kier molecular flexibility index (Phi) is 10.5. The maximum Gasteiger partial charge on any atom is 0.206 e. The summed E-state index contributed by atoms with van der Waals surface area (Å²) in [6, 6.07) is 0. The fraction of sp³-hybridized carbons (Fsp3) is 0.692. The van der Waals surface area contributed by atoms with Crippen molar-refractivity contribution in [2.24, 2.45) is 0 Å². The number of carbonyl (C=O) groups is 1. The number of hydrogen-bond acceptors (Lipinski definition) is 2. The van der Waals surface area contributed by atoms with E-state index in [0.717, 1.165) is 19.3 Å². The number of hydrogen-bond donors (Lipinski definition) is 0. The van der Waals surface area contributed by atoms with Gasteiger partial charge in [-0.25, -0.2) is 0 Å². The number of ketones is 1. The summed E-state index contributed by atoms with van der Waals surface area (Å²) in [5.41, 5.74) is 0. The second-order valence-corrected chi connectivity index (χ2v) is 3.72. The van der Waals surface area contributed by atoms with E-state index in [1.54, 1.807) is 6.29 Å². The van der Waals surface area contributed by atoms with E-state index < -0.39 is 0 Å². The predicted octanol–water partition coefficient (Wildman–Crippen LogP) is 3.36. The van der Waals surface area contributed by atoms with Crippen LogP contribution in [-0.4, -0.2) is 12.1 Å². The van der Waals surface area contributed by atoms with Crippen LogP contribution < -0.4 is 0 Å². The van der Waals surface area contributed by atoms with Crippen molar-refractivity contribution in [3.8, 4) is 0 Å². The number of rotatable bonds is 10. The molecular formula is C13H21O2. The lowest BCUT2D eigenvalue weighted by Gasteiger charge is -1.94. The molecule has 2 heteroatoms. The van der Waals surface area contributed by atoms with Crippen molar-refractivity contribution < 1.29 is 9.59 Å². The molecule has 0 saturated carbocycles. The zero-order valence-corrected chi connectivity index (χ0v) is 9.63. The van der Waals surface area contributed by atoms with Crippen LogP contribution in [0.5, 0.6) is 0 Å². The van der Waals surface area contributed by atoms with E-state index in [1.165, 1.54) is 19.3 Å². The van der Waals surface area contributed by atoms with Crippen molar-refractivity contribution in [1.82, 2.24) is 0 Å². The highest BCUT2D eigenvalue weighted by Gasteiger charge is 1.98. The summed E-state index contributed by atoms with van der Waals surface area (Å²) in [7, 11) is 0. The molecule has 2 nitrogen and oxygen atoms in total. The smallest absolute Gasteiger partial charge is 0.206 e. The minimum atomic E-state index is -0.0415. The number of unbranched alkanes of at least 4 members (excludes halogenated alkanes) is 4. The third-order valence-corrected chi connectivity index (χ3v) is 2.24. The molecule has 0 aromatic heterocycles. The van der Waals surface area contributed by atoms with Crippen molar-refractivity contribution >= 4 is 12.1 Å². The van der Waals surface area contributed by atoms with Gasteiger partial charge in [-0.15, -0.1) is 0 Å². The van der Waals surface area contributed by atoms with E-state index in [0.29, 0.717) is 6.42 Å². The highest BCUT2D eigenvalue weighted by molar-refractivity contribution is 5.89. The third kappa shape index (κ3) is 11.0. The SMILES string of the molecule is CCCCC/C=C/CCCC(=O)C[C]=O. The first-order valence-electron chi connectivity index (χ1n) is 5.83. The Bertz CT molecular complexity index is 195. The highest BCUT2D eigenvalue weighted by Crippen LogP contribution is 2.03. The van der Waals surface area contributed by atoms with Gasteiger partial charge in [0.05, 0.1) is 6.42 Å². The molecule has 0 spiro atoms. The van der Waals surface area contributed by atoms with Crippen LogP contribution in [0.15, 0.2) is 12.2 Å². The summed E-state index contributed by atoms with van der Waals surface area (Å²) >= 11 is 0. The van der Waals surface area contributed by atoms with Crippen LogP contribution in [0, 0.1) is 0 Å². The maximum atomic E-state index is 10.9. The van der Waals surface area contributed by atoms with E-state index in [4.69, 9.17) is 0 Å².